The van der Waals surface area contributed by atoms with Gasteiger partial charge in [-0.05, 0) is 37.1 Å². The summed E-state index contributed by atoms with van der Waals surface area (Å²) < 4.78 is 4.95. The lowest BCUT2D eigenvalue weighted by molar-refractivity contribution is 0.102. The molecule has 7 heteroatoms. The molecular formula is C20H19N5O2. The van der Waals surface area contributed by atoms with Crippen molar-refractivity contribution in [3.05, 3.63) is 71.7 Å². The fourth-order valence-electron chi connectivity index (χ4n) is 2.95. The zero-order valence-corrected chi connectivity index (χ0v) is 14.8. The number of carbonyl (C=O) groups is 1. The molecule has 0 saturated carbocycles. The molecule has 0 aliphatic carbocycles. The van der Waals surface area contributed by atoms with E-state index in [0.717, 1.165) is 11.9 Å². The minimum absolute atomic E-state index is 0.259. The van der Waals surface area contributed by atoms with E-state index >= 15 is 0 Å². The third-order valence-corrected chi connectivity index (χ3v) is 4.27. The van der Waals surface area contributed by atoms with E-state index in [1.807, 2.05) is 18.3 Å². The summed E-state index contributed by atoms with van der Waals surface area (Å²) in [4.78, 5) is 19.9. The summed E-state index contributed by atoms with van der Waals surface area (Å²) in [6, 6.07) is 13.3. The number of benzene rings is 1. The van der Waals surface area contributed by atoms with E-state index < -0.39 is 0 Å². The SMILES string of the molecule is Cc1cc(NC(=O)c2ccnc(NCCc3c[nH]c4ccccc34)c2)no1. The van der Waals surface area contributed by atoms with Gasteiger partial charge in [0.15, 0.2) is 5.82 Å². The standard InChI is InChI=1S/C20H19N5O2/c1-13-10-19(25-27-13)24-20(26)14-6-8-21-18(11-14)22-9-7-15-12-23-17-5-3-2-4-16(15)17/h2-6,8,10-12,23H,7,9H2,1H3,(H,21,22)(H,24,25,26). The van der Waals surface area contributed by atoms with Crippen molar-refractivity contribution in [3.8, 4) is 0 Å². The van der Waals surface area contributed by atoms with Crippen LogP contribution in [0, 0.1) is 6.92 Å². The molecular weight excluding hydrogens is 342 g/mol. The minimum atomic E-state index is -0.259. The van der Waals surface area contributed by atoms with Gasteiger partial charge in [0.1, 0.15) is 11.6 Å². The van der Waals surface area contributed by atoms with E-state index in [-0.39, 0.29) is 5.91 Å². The summed E-state index contributed by atoms with van der Waals surface area (Å²) in [7, 11) is 0. The highest BCUT2D eigenvalue weighted by Crippen LogP contribution is 2.18. The van der Waals surface area contributed by atoms with Crippen LogP contribution < -0.4 is 10.6 Å². The van der Waals surface area contributed by atoms with Gasteiger partial charge in [-0.1, -0.05) is 23.4 Å². The second-order valence-electron chi connectivity index (χ2n) is 6.24. The predicted molar refractivity (Wildman–Crippen MR) is 104 cm³/mol. The predicted octanol–water partition coefficient (Wildman–Crippen LogP) is 3.77. The van der Waals surface area contributed by atoms with Crippen molar-refractivity contribution in [2.24, 2.45) is 0 Å². The number of rotatable bonds is 6. The number of aryl methyl sites for hydroxylation is 1. The van der Waals surface area contributed by atoms with E-state index in [2.05, 4.69) is 37.9 Å². The van der Waals surface area contributed by atoms with E-state index in [1.54, 1.807) is 31.3 Å². The fourth-order valence-corrected chi connectivity index (χ4v) is 2.95. The molecule has 0 aliphatic rings. The maximum atomic E-state index is 12.3. The second kappa shape index (κ2) is 7.33. The Morgan fingerprint density at radius 2 is 2.07 bits per heavy atom. The van der Waals surface area contributed by atoms with Gasteiger partial charge in [-0.15, -0.1) is 0 Å². The Morgan fingerprint density at radius 3 is 2.93 bits per heavy atom. The zero-order valence-electron chi connectivity index (χ0n) is 14.8. The van der Waals surface area contributed by atoms with Crippen LogP contribution in [0.25, 0.3) is 10.9 Å². The van der Waals surface area contributed by atoms with Crippen molar-refractivity contribution < 1.29 is 9.32 Å². The van der Waals surface area contributed by atoms with Crippen molar-refractivity contribution in [2.75, 3.05) is 17.2 Å². The summed E-state index contributed by atoms with van der Waals surface area (Å²) in [6.45, 7) is 2.48. The Labute approximate surface area is 155 Å². The number of aromatic nitrogens is 3. The van der Waals surface area contributed by atoms with Crippen molar-refractivity contribution in [1.82, 2.24) is 15.1 Å². The number of amides is 1. The number of fused-ring (bicyclic) bond motifs is 1. The molecule has 0 spiro atoms. The molecule has 0 radical (unpaired) electrons. The lowest BCUT2D eigenvalue weighted by Crippen LogP contribution is -2.13. The van der Waals surface area contributed by atoms with Crippen LogP contribution in [-0.4, -0.2) is 27.6 Å². The van der Waals surface area contributed by atoms with Gasteiger partial charge < -0.3 is 20.1 Å². The number of pyridine rings is 1. The number of aromatic amines is 1. The fraction of sp³-hybridized carbons (Fsp3) is 0.150. The quantitative estimate of drug-likeness (QED) is 0.486. The molecule has 1 aromatic carbocycles. The first kappa shape index (κ1) is 16.8. The number of nitrogens with one attached hydrogen (secondary N) is 3. The van der Waals surface area contributed by atoms with E-state index in [4.69, 9.17) is 4.52 Å². The Morgan fingerprint density at radius 1 is 1.19 bits per heavy atom. The number of nitrogens with zero attached hydrogens (tertiary/aromatic N) is 2. The molecule has 1 amide bonds. The van der Waals surface area contributed by atoms with Gasteiger partial charge in [-0.2, -0.15) is 0 Å². The topological polar surface area (TPSA) is 95.8 Å². The molecule has 4 aromatic rings. The van der Waals surface area contributed by atoms with Crippen molar-refractivity contribution >= 4 is 28.4 Å². The highest BCUT2D eigenvalue weighted by Gasteiger charge is 2.10. The highest BCUT2D eigenvalue weighted by atomic mass is 16.5. The smallest absolute Gasteiger partial charge is 0.257 e. The average molecular weight is 361 g/mol. The van der Waals surface area contributed by atoms with Gasteiger partial charge in [0, 0.05) is 41.5 Å². The molecule has 0 unspecified atom stereocenters. The van der Waals surface area contributed by atoms with Crippen LogP contribution in [0.1, 0.15) is 21.7 Å². The first-order chi connectivity index (χ1) is 13.2. The third-order valence-electron chi connectivity index (χ3n) is 4.27. The first-order valence-corrected chi connectivity index (χ1v) is 8.68. The summed E-state index contributed by atoms with van der Waals surface area (Å²) >= 11 is 0. The molecule has 4 rings (SSSR count). The van der Waals surface area contributed by atoms with Crippen LogP contribution in [0.4, 0.5) is 11.6 Å². The van der Waals surface area contributed by atoms with Gasteiger partial charge in [-0.25, -0.2) is 4.98 Å². The van der Waals surface area contributed by atoms with Crippen LogP contribution in [0.5, 0.6) is 0 Å². The molecule has 0 fully saturated rings. The van der Waals surface area contributed by atoms with Crippen LogP contribution in [0.2, 0.25) is 0 Å². The number of hydrogen-bond donors (Lipinski definition) is 3. The van der Waals surface area contributed by atoms with Gasteiger partial charge in [0.05, 0.1) is 0 Å². The molecule has 136 valence electrons. The van der Waals surface area contributed by atoms with E-state index in [9.17, 15) is 4.79 Å². The van der Waals surface area contributed by atoms with Gasteiger partial charge in [0.2, 0.25) is 0 Å². The van der Waals surface area contributed by atoms with Crippen molar-refractivity contribution in [3.63, 3.8) is 0 Å². The normalized spacial score (nSPS) is 10.9. The molecule has 7 nitrogen and oxygen atoms in total. The summed E-state index contributed by atoms with van der Waals surface area (Å²) in [6.07, 6.45) is 4.49. The summed E-state index contributed by atoms with van der Waals surface area (Å²) in [5.41, 5.74) is 2.88. The number of hydrogen-bond acceptors (Lipinski definition) is 5. The first-order valence-electron chi connectivity index (χ1n) is 8.68. The molecule has 3 aromatic heterocycles. The summed E-state index contributed by atoms with van der Waals surface area (Å²) in [5.74, 6) is 1.42. The van der Waals surface area contributed by atoms with Crippen molar-refractivity contribution in [1.29, 1.82) is 0 Å². The molecule has 0 aliphatic heterocycles. The Hall–Kier alpha value is -3.61. The van der Waals surface area contributed by atoms with Crippen LogP contribution in [-0.2, 0) is 6.42 Å². The van der Waals surface area contributed by atoms with Gasteiger partial charge in [-0.3, -0.25) is 4.79 Å². The van der Waals surface area contributed by atoms with Gasteiger partial charge in [0.25, 0.3) is 5.91 Å². The van der Waals surface area contributed by atoms with Crippen LogP contribution in [0.3, 0.4) is 0 Å². The zero-order chi connectivity index (χ0) is 18.6. The van der Waals surface area contributed by atoms with Crippen molar-refractivity contribution in [2.45, 2.75) is 13.3 Å². The third kappa shape index (κ3) is 3.82. The Bertz CT molecular complexity index is 1080. The molecule has 0 atom stereocenters. The number of anilines is 2. The number of para-hydroxylation sites is 1. The van der Waals surface area contributed by atoms with E-state index in [0.29, 0.717) is 29.5 Å². The highest BCUT2D eigenvalue weighted by molar-refractivity contribution is 6.04. The minimum Gasteiger partial charge on any atom is -0.370 e. The molecule has 0 saturated heterocycles. The molecule has 27 heavy (non-hydrogen) atoms. The van der Waals surface area contributed by atoms with E-state index in [1.165, 1.54) is 10.9 Å². The Kier molecular flexibility index (Phi) is 4.57. The second-order valence-corrected chi connectivity index (χ2v) is 6.24. The summed E-state index contributed by atoms with van der Waals surface area (Å²) in [5, 5.41) is 11.0. The Balaban J connectivity index is 1.38. The lowest BCUT2D eigenvalue weighted by Gasteiger charge is -2.07. The molecule has 0 bridgehead atoms. The maximum absolute atomic E-state index is 12.3. The van der Waals surface area contributed by atoms with Crippen LogP contribution >= 0.6 is 0 Å². The molecule has 3 heterocycles. The number of carbonyl (C=O) groups excluding carboxylic acids is 1. The average Bonchev–Trinajstić information content (AvgIpc) is 3.28. The number of H-pyrrole nitrogens is 1. The molecule has 3 N–H and O–H groups in total. The maximum Gasteiger partial charge on any atom is 0.257 e. The monoisotopic (exact) mass is 361 g/mol. The van der Waals surface area contributed by atoms with Crippen LogP contribution in [0.15, 0.2) is 59.4 Å². The van der Waals surface area contributed by atoms with Gasteiger partial charge >= 0.3 is 0 Å². The lowest BCUT2D eigenvalue weighted by atomic mass is 10.1. The largest absolute Gasteiger partial charge is 0.370 e.